The summed E-state index contributed by atoms with van der Waals surface area (Å²) in [5, 5.41) is 120. The number of aliphatic hydroxyl groups excluding tert-OH is 11. The number of rotatable bonds is 49. The summed E-state index contributed by atoms with van der Waals surface area (Å²) in [4.78, 5) is 13.3. The number of carbonyl (C=O) groups is 1. The predicted octanol–water partition coefficient (Wildman–Crippen LogP) is 7.93. The molecule has 17 unspecified atom stereocenters. The quantitative estimate of drug-likeness (QED) is 0.0203. The van der Waals surface area contributed by atoms with Crippen molar-refractivity contribution in [1.82, 2.24) is 5.32 Å². The molecule has 12 N–H and O–H groups in total. The number of ether oxygens (including phenoxy) is 6. The molecule has 19 heteroatoms. The number of aliphatic hydroxyl groups is 11. The maximum atomic E-state index is 13.3. The minimum Gasteiger partial charge on any atom is -0.394 e. The van der Waals surface area contributed by atoms with Gasteiger partial charge in [0, 0.05) is 6.42 Å². The molecule has 0 radical (unpaired) electrons. The Hall–Kier alpha value is -3.03. The molecule has 3 rings (SSSR count). The molecule has 17 atom stereocenters. The summed E-state index contributed by atoms with van der Waals surface area (Å²) in [6.07, 6.45) is 35.5. The van der Waals surface area contributed by atoms with Gasteiger partial charge < -0.3 is 89.9 Å². The van der Waals surface area contributed by atoms with Crippen LogP contribution in [0.2, 0.25) is 0 Å². The van der Waals surface area contributed by atoms with E-state index in [9.17, 15) is 61.0 Å². The van der Waals surface area contributed by atoms with Crippen molar-refractivity contribution in [3.63, 3.8) is 0 Å². The van der Waals surface area contributed by atoms with Gasteiger partial charge in [-0.05, 0) is 70.6 Å². The van der Waals surface area contributed by atoms with Crippen molar-refractivity contribution in [2.45, 2.75) is 311 Å². The lowest BCUT2D eigenvalue weighted by molar-refractivity contribution is -0.379. The Bertz CT molecular complexity index is 1910. The highest BCUT2D eigenvalue weighted by molar-refractivity contribution is 5.76. The number of carbonyl (C=O) groups excluding carboxylic acids is 1. The van der Waals surface area contributed by atoms with Gasteiger partial charge in [-0.1, -0.05) is 214 Å². The third-order valence-electron chi connectivity index (χ3n) is 16.2. The molecule has 3 saturated heterocycles. The van der Waals surface area contributed by atoms with Crippen molar-refractivity contribution >= 4 is 5.91 Å². The first kappa shape index (κ1) is 78.2. The van der Waals surface area contributed by atoms with Gasteiger partial charge in [0.1, 0.15) is 73.2 Å². The fourth-order valence-electron chi connectivity index (χ4n) is 10.8. The number of amides is 1. The Morgan fingerprint density at radius 3 is 1.24 bits per heavy atom. The molecule has 87 heavy (non-hydrogen) atoms. The highest BCUT2D eigenvalue weighted by atomic mass is 16.8. The lowest BCUT2D eigenvalue weighted by Gasteiger charge is -2.48. The molecular formula is C68H117NO18. The summed E-state index contributed by atoms with van der Waals surface area (Å²) in [6.45, 7) is 1.63. The summed E-state index contributed by atoms with van der Waals surface area (Å²) in [6, 6.07) is -0.891. The Morgan fingerprint density at radius 2 is 0.793 bits per heavy atom. The van der Waals surface area contributed by atoms with Crippen LogP contribution in [0.1, 0.15) is 206 Å². The van der Waals surface area contributed by atoms with E-state index in [4.69, 9.17) is 28.4 Å². The summed E-state index contributed by atoms with van der Waals surface area (Å²) < 4.78 is 34.3. The van der Waals surface area contributed by atoms with E-state index < -0.39 is 124 Å². The van der Waals surface area contributed by atoms with E-state index in [2.05, 4.69) is 104 Å². The van der Waals surface area contributed by atoms with Crippen LogP contribution < -0.4 is 5.32 Å². The van der Waals surface area contributed by atoms with Crippen molar-refractivity contribution in [2.24, 2.45) is 0 Å². The van der Waals surface area contributed by atoms with E-state index in [-0.39, 0.29) is 18.9 Å². The van der Waals surface area contributed by atoms with Gasteiger partial charge in [-0.15, -0.1) is 0 Å². The third-order valence-corrected chi connectivity index (χ3v) is 16.2. The van der Waals surface area contributed by atoms with Gasteiger partial charge in [0.25, 0.3) is 0 Å². The predicted molar refractivity (Wildman–Crippen MR) is 337 cm³/mol. The number of allylic oxidation sites excluding steroid dienone is 14. The highest BCUT2D eigenvalue weighted by Gasteiger charge is 2.53. The van der Waals surface area contributed by atoms with E-state index in [1.165, 1.54) is 77.0 Å². The third kappa shape index (κ3) is 32.2. The molecule has 0 aromatic rings. The average Bonchev–Trinajstić information content (AvgIpc) is 1.04. The molecule has 0 saturated carbocycles. The zero-order valence-corrected chi connectivity index (χ0v) is 52.7. The van der Waals surface area contributed by atoms with Crippen LogP contribution in [0.5, 0.6) is 0 Å². The summed E-state index contributed by atoms with van der Waals surface area (Å²) in [5.41, 5.74) is 0. The number of unbranched alkanes of at least 4 members (excludes halogenated alkanes) is 19. The second-order valence-electron chi connectivity index (χ2n) is 23.6. The minimum atomic E-state index is -1.97. The first-order chi connectivity index (χ1) is 42.3. The highest BCUT2D eigenvalue weighted by Crippen LogP contribution is 2.33. The van der Waals surface area contributed by atoms with Crippen molar-refractivity contribution in [2.75, 3.05) is 26.4 Å². The molecule has 0 aromatic heterocycles. The first-order valence-electron chi connectivity index (χ1n) is 33.3. The van der Waals surface area contributed by atoms with Crippen LogP contribution in [0, 0.1) is 0 Å². The number of nitrogens with one attached hydrogen (secondary N) is 1. The van der Waals surface area contributed by atoms with Crippen LogP contribution >= 0.6 is 0 Å². The van der Waals surface area contributed by atoms with E-state index in [1.54, 1.807) is 0 Å². The van der Waals surface area contributed by atoms with Crippen LogP contribution in [0.15, 0.2) is 85.1 Å². The molecule has 3 aliphatic rings. The van der Waals surface area contributed by atoms with Gasteiger partial charge >= 0.3 is 0 Å². The average molecular weight is 1240 g/mol. The van der Waals surface area contributed by atoms with Gasteiger partial charge in [0.2, 0.25) is 5.91 Å². The maximum Gasteiger partial charge on any atom is 0.220 e. The van der Waals surface area contributed by atoms with Crippen LogP contribution in [-0.2, 0) is 33.2 Å². The van der Waals surface area contributed by atoms with Crippen LogP contribution in [0.4, 0.5) is 0 Å². The maximum absolute atomic E-state index is 13.3. The number of hydrogen-bond donors (Lipinski definition) is 12. The SMILES string of the molecule is CC/C=C\C/C=C\C/C=C\C/C=C\C/C=C\C/C=C\C/C=C\CCCCCCCCCCCCCC(=O)NC(COC1OC(CO)C(OC2OC(CO)C(OC3OC(CO)C(O)C(O)C3O)C(O)C2O)C(O)C1O)C(O)CCCCCCCCCCC. The summed E-state index contributed by atoms with van der Waals surface area (Å²) in [7, 11) is 0. The molecule has 3 heterocycles. The number of hydrogen-bond acceptors (Lipinski definition) is 18. The van der Waals surface area contributed by atoms with Gasteiger partial charge in [-0.25, -0.2) is 0 Å². The smallest absolute Gasteiger partial charge is 0.220 e. The van der Waals surface area contributed by atoms with Crippen LogP contribution in [0.3, 0.4) is 0 Å². The van der Waals surface area contributed by atoms with Gasteiger partial charge in [-0.3, -0.25) is 4.79 Å². The zero-order valence-electron chi connectivity index (χ0n) is 52.7. The molecule has 3 aliphatic heterocycles. The molecule has 19 nitrogen and oxygen atoms in total. The van der Waals surface area contributed by atoms with Gasteiger partial charge in [0.15, 0.2) is 18.9 Å². The van der Waals surface area contributed by atoms with Crippen molar-refractivity contribution < 1.29 is 89.4 Å². The molecule has 502 valence electrons. The Morgan fingerprint density at radius 1 is 0.425 bits per heavy atom. The van der Waals surface area contributed by atoms with Crippen molar-refractivity contribution in [1.29, 1.82) is 0 Å². The normalized spacial score (nSPS) is 29.1. The molecule has 0 bridgehead atoms. The van der Waals surface area contributed by atoms with E-state index >= 15 is 0 Å². The Labute approximate surface area is 520 Å². The summed E-state index contributed by atoms with van der Waals surface area (Å²) in [5.74, 6) is -0.253. The molecule has 0 aromatic carbocycles. The largest absolute Gasteiger partial charge is 0.394 e. The fraction of sp³-hybridized carbons (Fsp3) is 0.779. The van der Waals surface area contributed by atoms with Crippen LogP contribution in [-0.4, -0.2) is 193 Å². The molecule has 0 spiro atoms. The molecule has 3 fully saturated rings. The Kier molecular flexibility index (Phi) is 44.6. The fourth-order valence-corrected chi connectivity index (χ4v) is 10.8. The summed E-state index contributed by atoms with van der Waals surface area (Å²) >= 11 is 0. The standard InChI is InChI=1S/C68H117NO18/c1-3-5-7-9-11-13-14-15-16-17-18-19-20-21-22-23-24-25-26-27-28-29-30-31-32-33-34-35-36-38-40-42-44-46-56(74)69-51(52(73)45-43-41-39-37-12-10-8-6-4-2)50-82-66-62(80)59(77)64(54(48-71)84-66)87-68-63(81)60(78)65(55(49-72)85-68)86-67-61(79)58(76)57(75)53(47-70)83-67/h5,7,11,13,15-16,18-19,21-22,24-25,27-28,51-55,57-68,70-73,75-81H,3-4,6,8-10,12,14,17,20,23,26,29-50H2,1-2H3,(H,69,74)/b7-5-,13-11-,16-15-,19-18-,22-21-,25-24-,28-27-. The Balaban J connectivity index is 1.35. The minimum absolute atomic E-state index is 0.253. The second-order valence-corrected chi connectivity index (χ2v) is 23.6. The molecular weight excluding hydrogens is 1120 g/mol. The van der Waals surface area contributed by atoms with Crippen molar-refractivity contribution in [3.8, 4) is 0 Å². The second kappa shape index (κ2) is 49.6. The van der Waals surface area contributed by atoms with Gasteiger partial charge in [0.05, 0.1) is 38.6 Å². The van der Waals surface area contributed by atoms with Gasteiger partial charge in [-0.2, -0.15) is 0 Å². The van der Waals surface area contributed by atoms with Crippen LogP contribution in [0.25, 0.3) is 0 Å². The molecule has 0 aliphatic carbocycles. The lowest BCUT2D eigenvalue weighted by atomic mass is 9.96. The zero-order chi connectivity index (χ0) is 63.3. The van der Waals surface area contributed by atoms with E-state index in [0.29, 0.717) is 12.8 Å². The van der Waals surface area contributed by atoms with E-state index in [1.807, 2.05) is 0 Å². The first-order valence-corrected chi connectivity index (χ1v) is 33.3. The van der Waals surface area contributed by atoms with E-state index in [0.717, 1.165) is 96.3 Å². The molecule has 1 amide bonds. The topological polar surface area (TPSA) is 307 Å². The lowest BCUT2D eigenvalue weighted by Crippen LogP contribution is -2.66. The monoisotopic (exact) mass is 1240 g/mol. The van der Waals surface area contributed by atoms with Crippen molar-refractivity contribution in [3.05, 3.63) is 85.1 Å².